The average Bonchev–Trinajstić information content (AvgIpc) is 2.95. The normalized spacial score (nSPS) is 15.5. The SMILES string of the molecule is COc1cccc(-c2cccc3c2OC(NC(=O)O)C3)c1OC. The largest absolute Gasteiger partial charge is 0.493 e. The van der Waals surface area contributed by atoms with Gasteiger partial charge in [0.05, 0.1) is 14.2 Å². The molecule has 1 amide bonds. The van der Waals surface area contributed by atoms with Gasteiger partial charge in [0.1, 0.15) is 5.75 Å². The minimum absolute atomic E-state index is 0.488. The highest BCUT2D eigenvalue weighted by Crippen LogP contribution is 2.44. The zero-order valence-corrected chi connectivity index (χ0v) is 12.8. The molecule has 0 spiro atoms. The molecule has 1 aliphatic heterocycles. The monoisotopic (exact) mass is 315 g/mol. The molecule has 23 heavy (non-hydrogen) atoms. The van der Waals surface area contributed by atoms with E-state index in [9.17, 15) is 4.79 Å². The van der Waals surface area contributed by atoms with E-state index in [1.165, 1.54) is 0 Å². The fourth-order valence-corrected chi connectivity index (χ4v) is 2.80. The van der Waals surface area contributed by atoms with Crippen LogP contribution in [0.1, 0.15) is 5.56 Å². The first-order chi connectivity index (χ1) is 11.1. The highest BCUT2D eigenvalue weighted by Gasteiger charge is 2.28. The van der Waals surface area contributed by atoms with Crippen LogP contribution in [-0.2, 0) is 6.42 Å². The van der Waals surface area contributed by atoms with Crippen LogP contribution in [0.4, 0.5) is 4.79 Å². The van der Waals surface area contributed by atoms with Crippen LogP contribution in [-0.4, -0.2) is 31.6 Å². The zero-order valence-electron chi connectivity index (χ0n) is 12.8. The van der Waals surface area contributed by atoms with E-state index >= 15 is 0 Å². The van der Waals surface area contributed by atoms with E-state index in [0.717, 1.165) is 16.7 Å². The number of methoxy groups -OCH3 is 2. The zero-order chi connectivity index (χ0) is 16.4. The van der Waals surface area contributed by atoms with E-state index < -0.39 is 12.3 Å². The van der Waals surface area contributed by atoms with Gasteiger partial charge in [0.15, 0.2) is 17.7 Å². The van der Waals surface area contributed by atoms with Crippen LogP contribution in [0.25, 0.3) is 11.1 Å². The second kappa shape index (κ2) is 6.08. The molecular formula is C17H17NO5. The summed E-state index contributed by atoms with van der Waals surface area (Å²) in [5.41, 5.74) is 2.62. The van der Waals surface area contributed by atoms with Crippen molar-refractivity contribution >= 4 is 6.09 Å². The Morgan fingerprint density at radius 1 is 1.17 bits per heavy atom. The predicted molar refractivity (Wildman–Crippen MR) is 84.3 cm³/mol. The van der Waals surface area contributed by atoms with Crippen molar-refractivity contribution in [2.75, 3.05) is 14.2 Å². The number of hydrogen-bond donors (Lipinski definition) is 2. The van der Waals surface area contributed by atoms with Crippen molar-refractivity contribution in [2.24, 2.45) is 0 Å². The summed E-state index contributed by atoms with van der Waals surface area (Å²) in [5.74, 6) is 1.90. The van der Waals surface area contributed by atoms with Gasteiger partial charge in [-0.15, -0.1) is 0 Å². The molecule has 1 heterocycles. The van der Waals surface area contributed by atoms with Gasteiger partial charge in [0, 0.05) is 23.1 Å². The van der Waals surface area contributed by atoms with Crippen LogP contribution in [0.15, 0.2) is 36.4 Å². The predicted octanol–water partition coefficient (Wildman–Crippen LogP) is 2.90. The van der Waals surface area contributed by atoms with E-state index in [0.29, 0.717) is 23.7 Å². The summed E-state index contributed by atoms with van der Waals surface area (Å²) >= 11 is 0. The van der Waals surface area contributed by atoms with Crippen LogP contribution in [0.2, 0.25) is 0 Å². The van der Waals surface area contributed by atoms with Crippen LogP contribution in [0.3, 0.4) is 0 Å². The summed E-state index contributed by atoms with van der Waals surface area (Å²) in [6.45, 7) is 0. The molecule has 0 aromatic heterocycles. The van der Waals surface area contributed by atoms with Crippen molar-refractivity contribution in [1.29, 1.82) is 0 Å². The molecular weight excluding hydrogens is 298 g/mol. The number of carboxylic acid groups (broad SMARTS) is 1. The van der Waals surface area contributed by atoms with Crippen molar-refractivity contribution < 1.29 is 24.1 Å². The number of rotatable bonds is 4. The van der Waals surface area contributed by atoms with E-state index in [-0.39, 0.29) is 0 Å². The van der Waals surface area contributed by atoms with E-state index in [1.807, 2.05) is 36.4 Å². The standard InChI is InChI=1S/C17H17NO5/c1-21-13-8-4-7-12(16(13)22-2)11-6-3-5-10-9-14(18-17(19)20)23-15(10)11/h3-8,14,18H,9H2,1-2H3,(H,19,20). The molecule has 0 saturated heterocycles. The molecule has 0 saturated carbocycles. The summed E-state index contributed by atoms with van der Waals surface area (Å²) in [7, 11) is 3.17. The Bertz CT molecular complexity index is 744. The Morgan fingerprint density at radius 3 is 2.61 bits per heavy atom. The van der Waals surface area contributed by atoms with E-state index in [2.05, 4.69) is 5.32 Å². The Balaban J connectivity index is 2.05. The maximum Gasteiger partial charge on any atom is 0.407 e. The van der Waals surface area contributed by atoms with Crippen molar-refractivity contribution in [3.63, 3.8) is 0 Å². The highest BCUT2D eigenvalue weighted by atomic mass is 16.5. The van der Waals surface area contributed by atoms with Gasteiger partial charge in [0.2, 0.25) is 0 Å². The van der Waals surface area contributed by atoms with Gasteiger partial charge >= 0.3 is 6.09 Å². The Kier molecular flexibility index (Phi) is 3.97. The number of carbonyl (C=O) groups is 1. The Hall–Kier alpha value is -2.89. The first-order valence-electron chi connectivity index (χ1n) is 7.13. The van der Waals surface area contributed by atoms with Crippen molar-refractivity contribution in [1.82, 2.24) is 5.32 Å². The summed E-state index contributed by atoms with van der Waals surface area (Å²) < 4.78 is 16.6. The quantitative estimate of drug-likeness (QED) is 0.907. The van der Waals surface area contributed by atoms with E-state index in [1.54, 1.807) is 14.2 Å². The molecule has 1 aliphatic rings. The fourth-order valence-electron chi connectivity index (χ4n) is 2.80. The molecule has 120 valence electrons. The fraction of sp³-hybridized carbons (Fsp3) is 0.235. The molecule has 0 fully saturated rings. The topological polar surface area (TPSA) is 77.0 Å². The molecule has 2 N–H and O–H groups in total. The maximum atomic E-state index is 10.8. The van der Waals surface area contributed by atoms with Gasteiger partial charge in [-0.3, -0.25) is 5.32 Å². The van der Waals surface area contributed by atoms with Crippen LogP contribution >= 0.6 is 0 Å². The molecule has 2 aromatic rings. The Labute approximate surface area is 133 Å². The lowest BCUT2D eigenvalue weighted by Gasteiger charge is -2.16. The number of hydrogen-bond acceptors (Lipinski definition) is 4. The second-order valence-electron chi connectivity index (χ2n) is 5.10. The van der Waals surface area contributed by atoms with Gasteiger partial charge in [-0.05, 0) is 6.07 Å². The summed E-state index contributed by atoms with van der Waals surface area (Å²) in [5, 5.41) is 11.2. The molecule has 6 nitrogen and oxygen atoms in total. The summed E-state index contributed by atoms with van der Waals surface area (Å²) in [6.07, 6.45) is -1.20. The lowest BCUT2D eigenvalue weighted by molar-refractivity contribution is 0.152. The number of nitrogens with one attached hydrogen (secondary N) is 1. The molecule has 6 heteroatoms. The third-order valence-corrected chi connectivity index (χ3v) is 3.74. The van der Waals surface area contributed by atoms with Gasteiger partial charge in [-0.2, -0.15) is 0 Å². The summed E-state index contributed by atoms with van der Waals surface area (Å²) in [4.78, 5) is 10.8. The molecule has 1 unspecified atom stereocenters. The van der Waals surface area contributed by atoms with Crippen LogP contribution < -0.4 is 19.5 Å². The smallest absolute Gasteiger partial charge is 0.407 e. The van der Waals surface area contributed by atoms with Crippen molar-refractivity contribution in [3.8, 4) is 28.4 Å². The second-order valence-corrected chi connectivity index (χ2v) is 5.10. The van der Waals surface area contributed by atoms with Crippen LogP contribution in [0, 0.1) is 0 Å². The average molecular weight is 315 g/mol. The molecule has 2 aromatic carbocycles. The van der Waals surface area contributed by atoms with Gasteiger partial charge in [-0.1, -0.05) is 30.3 Å². The molecule has 1 atom stereocenters. The number of benzene rings is 2. The first kappa shape index (κ1) is 15.0. The van der Waals surface area contributed by atoms with Gasteiger partial charge < -0.3 is 19.3 Å². The third kappa shape index (κ3) is 2.75. The lowest BCUT2D eigenvalue weighted by Crippen LogP contribution is -2.36. The lowest BCUT2D eigenvalue weighted by atomic mass is 10.00. The minimum Gasteiger partial charge on any atom is -0.493 e. The molecule has 0 radical (unpaired) electrons. The third-order valence-electron chi connectivity index (χ3n) is 3.74. The number of ether oxygens (including phenoxy) is 3. The van der Waals surface area contributed by atoms with Crippen molar-refractivity contribution in [2.45, 2.75) is 12.6 Å². The highest BCUT2D eigenvalue weighted by molar-refractivity contribution is 5.80. The van der Waals surface area contributed by atoms with Crippen LogP contribution in [0.5, 0.6) is 17.2 Å². The minimum atomic E-state index is -1.11. The number of fused-ring (bicyclic) bond motifs is 1. The van der Waals surface area contributed by atoms with E-state index in [4.69, 9.17) is 19.3 Å². The molecule has 3 rings (SSSR count). The van der Waals surface area contributed by atoms with Crippen molar-refractivity contribution in [3.05, 3.63) is 42.0 Å². The summed E-state index contributed by atoms with van der Waals surface area (Å²) in [6, 6.07) is 11.4. The first-order valence-corrected chi connectivity index (χ1v) is 7.13. The van der Waals surface area contributed by atoms with Gasteiger partial charge in [-0.25, -0.2) is 4.79 Å². The number of amides is 1. The Morgan fingerprint density at radius 2 is 1.91 bits per heavy atom. The van der Waals surface area contributed by atoms with Gasteiger partial charge in [0.25, 0.3) is 0 Å². The molecule has 0 aliphatic carbocycles. The number of para-hydroxylation sites is 2. The molecule has 0 bridgehead atoms. The maximum absolute atomic E-state index is 10.8.